The first-order chi connectivity index (χ1) is 11.3. The van der Waals surface area contributed by atoms with E-state index in [1.54, 1.807) is 6.07 Å². The molecule has 1 aromatic heterocycles. The highest BCUT2D eigenvalue weighted by Crippen LogP contribution is 2.34. The summed E-state index contributed by atoms with van der Waals surface area (Å²) in [5.41, 5.74) is 14.3. The molecule has 126 valence electrons. The fourth-order valence-corrected chi connectivity index (χ4v) is 3.33. The first-order valence-electron chi connectivity index (χ1n) is 7.91. The summed E-state index contributed by atoms with van der Waals surface area (Å²) in [5, 5.41) is 0.902. The molecule has 8 heteroatoms. The Morgan fingerprint density at radius 1 is 1.21 bits per heavy atom. The van der Waals surface area contributed by atoms with Crippen LogP contribution >= 0.6 is 23.2 Å². The van der Waals surface area contributed by atoms with Crippen molar-refractivity contribution in [2.24, 2.45) is 5.73 Å². The first kappa shape index (κ1) is 17.3. The van der Waals surface area contributed by atoms with Crippen LogP contribution < -0.4 is 22.0 Å². The van der Waals surface area contributed by atoms with E-state index >= 15 is 0 Å². The molecule has 0 aliphatic carbocycles. The van der Waals surface area contributed by atoms with E-state index in [1.165, 1.54) is 0 Å². The second kappa shape index (κ2) is 6.43. The number of nitrogens with two attached hydrogens (primary N) is 2. The molecule has 2 heterocycles. The lowest BCUT2D eigenvalue weighted by atomic mass is 9.90. The van der Waals surface area contributed by atoms with Gasteiger partial charge < -0.3 is 16.4 Å². The molecule has 24 heavy (non-hydrogen) atoms. The Kier molecular flexibility index (Phi) is 4.64. The van der Waals surface area contributed by atoms with Gasteiger partial charge >= 0.3 is 0 Å². The topological polar surface area (TPSA) is 81.1 Å². The summed E-state index contributed by atoms with van der Waals surface area (Å²) in [4.78, 5) is 11.4. The minimum absolute atomic E-state index is 0.113. The average Bonchev–Trinajstić information content (AvgIpc) is 2.52. The van der Waals surface area contributed by atoms with Gasteiger partial charge in [-0.2, -0.15) is 0 Å². The predicted octanol–water partition coefficient (Wildman–Crippen LogP) is 1.61. The Morgan fingerprint density at radius 2 is 1.88 bits per heavy atom. The first-order valence-corrected chi connectivity index (χ1v) is 8.66. The molecular formula is C16H20BCl2N5. The normalized spacial score (nSPS) is 17.1. The lowest BCUT2D eigenvalue weighted by Crippen LogP contribution is -2.49. The zero-order chi connectivity index (χ0) is 17.5. The van der Waals surface area contributed by atoms with Crippen molar-refractivity contribution in [2.45, 2.75) is 25.3 Å². The number of aromatic nitrogens is 2. The molecule has 1 aliphatic heterocycles. The summed E-state index contributed by atoms with van der Waals surface area (Å²) in [7, 11) is 1.93. The van der Waals surface area contributed by atoms with Crippen LogP contribution in [0.1, 0.15) is 19.8 Å². The second-order valence-electron chi connectivity index (χ2n) is 6.61. The Balaban J connectivity index is 1.96. The van der Waals surface area contributed by atoms with E-state index < -0.39 is 0 Å². The molecule has 2 aromatic rings. The van der Waals surface area contributed by atoms with Gasteiger partial charge in [-0.25, -0.2) is 4.98 Å². The predicted molar refractivity (Wildman–Crippen MR) is 104 cm³/mol. The molecule has 4 N–H and O–H groups in total. The number of nitrogen functional groups attached to an aromatic ring is 1. The number of halogens is 2. The van der Waals surface area contributed by atoms with Gasteiger partial charge in [-0.15, -0.1) is 0 Å². The van der Waals surface area contributed by atoms with E-state index in [4.69, 9.17) is 34.7 Å². The van der Waals surface area contributed by atoms with Gasteiger partial charge in [0.05, 0.1) is 10.0 Å². The maximum absolute atomic E-state index is 6.29. The fraction of sp³-hybridized carbons (Fsp3) is 0.375. The van der Waals surface area contributed by atoms with Gasteiger partial charge in [0.2, 0.25) is 0 Å². The van der Waals surface area contributed by atoms with Gasteiger partial charge in [0.25, 0.3) is 0 Å². The summed E-state index contributed by atoms with van der Waals surface area (Å²) in [5.74, 6) is 1.16. The molecule has 0 unspecified atom stereocenters. The van der Waals surface area contributed by atoms with E-state index in [0.29, 0.717) is 27.1 Å². The Labute approximate surface area is 152 Å². The summed E-state index contributed by atoms with van der Waals surface area (Å²) in [6, 6.07) is 5.39. The van der Waals surface area contributed by atoms with Gasteiger partial charge in [0.15, 0.2) is 13.7 Å². The van der Waals surface area contributed by atoms with Crippen molar-refractivity contribution in [3.05, 3.63) is 28.2 Å². The zero-order valence-electron chi connectivity index (χ0n) is 13.8. The molecular weight excluding hydrogens is 344 g/mol. The molecule has 5 nitrogen and oxygen atoms in total. The number of anilines is 2. The third-order valence-corrected chi connectivity index (χ3v) is 5.30. The maximum atomic E-state index is 6.29. The van der Waals surface area contributed by atoms with Crippen molar-refractivity contribution >= 4 is 48.3 Å². The number of piperidine rings is 1. The number of rotatable bonds is 2. The third kappa shape index (κ3) is 3.32. The van der Waals surface area contributed by atoms with Gasteiger partial charge in [0.1, 0.15) is 11.5 Å². The van der Waals surface area contributed by atoms with E-state index in [0.717, 1.165) is 37.3 Å². The van der Waals surface area contributed by atoms with Crippen LogP contribution in [0.15, 0.2) is 18.2 Å². The van der Waals surface area contributed by atoms with Crippen LogP contribution in [0.2, 0.25) is 10.0 Å². The zero-order valence-corrected chi connectivity index (χ0v) is 15.3. The van der Waals surface area contributed by atoms with Crippen molar-refractivity contribution in [1.82, 2.24) is 9.97 Å². The molecule has 1 saturated heterocycles. The molecule has 0 atom stereocenters. The summed E-state index contributed by atoms with van der Waals surface area (Å²) >= 11 is 12.4. The van der Waals surface area contributed by atoms with E-state index in [2.05, 4.69) is 21.8 Å². The highest BCUT2D eigenvalue weighted by Gasteiger charge is 2.28. The van der Waals surface area contributed by atoms with Crippen LogP contribution in [0.4, 0.5) is 11.6 Å². The average molecular weight is 364 g/mol. The third-order valence-electron chi connectivity index (χ3n) is 4.48. The van der Waals surface area contributed by atoms with Crippen LogP contribution in [-0.4, -0.2) is 36.4 Å². The van der Waals surface area contributed by atoms with E-state index in [-0.39, 0.29) is 5.54 Å². The lowest BCUT2D eigenvalue weighted by Gasteiger charge is -2.38. The largest absolute Gasteiger partial charge is 0.382 e. The SMILES string of the molecule is Bc1nc(-c2cccc(Cl)c2Cl)c(N)nc1N1CCC(C)(N)CC1. The summed E-state index contributed by atoms with van der Waals surface area (Å²) in [6.07, 6.45) is 1.83. The van der Waals surface area contributed by atoms with Crippen LogP contribution in [0.5, 0.6) is 0 Å². The van der Waals surface area contributed by atoms with E-state index in [9.17, 15) is 0 Å². The molecule has 1 fully saturated rings. The minimum atomic E-state index is -0.113. The van der Waals surface area contributed by atoms with Crippen molar-refractivity contribution < 1.29 is 0 Å². The van der Waals surface area contributed by atoms with Crippen molar-refractivity contribution in [1.29, 1.82) is 0 Å². The minimum Gasteiger partial charge on any atom is -0.382 e. The monoisotopic (exact) mass is 363 g/mol. The Hall–Kier alpha value is -1.50. The Bertz CT molecular complexity index is 771. The lowest BCUT2D eigenvalue weighted by molar-refractivity contribution is 0.363. The number of hydrogen-bond donors (Lipinski definition) is 2. The van der Waals surface area contributed by atoms with Crippen molar-refractivity contribution in [3.63, 3.8) is 0 Å². The van der Waals surface area contributed by atoms with Crippen molar-refractivity contribution in [3.8, 4) is 11.3 Å². The second-order valence-corrected chi connectivity index (χ2v) is 7.39. The highest BCUT2D eigenvalue weighted by molar-refractivity contribution is 6.43. The smallest absolute Gasteiger partial charge is 0.168 e. The Morgan fingerprint density at radius 3 is 2.54 bits per heavy atom. The van der Waals surface area contributed by atoms with Gasteiger partial charge in [0, 0.05) is 29.8 Å². The molecule has 0 amide bonds. The van der Waals surface area contributed by atoms with Crippen LogP contribution in [0, 0.1) is 0 Å². The maximum Gasteiger partial charge on any atom is 0.168 e. The fourth-order valence-electron chi connectivity index (χ4n) is 2.94. The van der Waals surface area contributed by atoms with Crippen LogP contribution in [0.25, 0.3) is 11.3 Å². The quantitative estimate of drug-likeness (QED) is 0.792. The van der Waals surface area contributed by atoms with Crippen LogP contribution in [0.3, 0.4) is 0 Å². The number of benzene rings is 1. The standard InChI is InChI=1S/C16H20BCl2N5/c1-16(21)5-7-24(8-6-16)15-13(17)22-12(14(20)23-15)9-3-2-4-10(18)11(9)19/h2-4H,5-8,17,21H2,1H3,(H2,20,23). The van der Waals surface area contributed by atoms with Crippen molar-refractivity contribution in [2.75, 3.05) is 23.7 Å². The molecule has 1 aromatic carbocycles. The van der Waals surface area contributed by atoms with E-state index in [1.807, 2.05) is 20.0 Å². The molecule has 0 bridgehead atoms. The molecule has 0 radical (unpaired) electrons. The molecule has 0 spiro atoms. The highest BCUT2D eigenvalue weighted by atomic mass is 35.5. The number of nitrogens with zero attached hydrogens (tertiary/aromatic N) is 3. The van der Waals surface area contributed by atoms with Gasteiger partial charge in [-0.3, -0.25) is 4.98 Å². The molecule has 1 aliphatic rings. The number of hydrogen-bond acceptors (Lipinski definition) is 5. The van der Waals surface area contributed by atoms with Crippen LogP contribution in [-0.2, 0) is 0 Å². The van der Waals surface area contributed by atoms with Gasteiger partial charge in [-0.05, 0) is 25.8 Å². The molecule has 3 rings (SSSR count). The van der Waals surface area contributed by atoms with Gasteiger partial charge in [-0.1, -0.05) is 35.3 Å². The summed E-state index contributed by atoms with van der Waals surface area (Å²) in [6.45, 7) is 3.78. The molecule has 0 saturated carbocycles. The summed E-state index contributed by atoms with van der Waals surface area (Å²) < 4.78 is 0.